The van der Waals surface area contributed by atoms with E-state index in [0.717, 1.165) is 10.2 Å². The van der Waals surface area contributed by atoms with Crippen LogP contribution in [-0.2, 0) is 0 Å². The molecule has 0 aliphatic heterocycles. The van der Waals surface area contributed by atoms with Crippen LogP contribution in [0.25, 0.3) is 0 Å². The molecule has 0 aliphatic carbocycles. The van der Waals surface area contributed by atoms with Gasteiger partial charge in [0.2, 0.25) is 0 Å². The Morgan fingerprint density at radius 3 is 3.00 bits per heavy atom. The average Bonchev–Trinajstić information content (AvgIpc) is 2.47. The molecule has 3 nitrogen and oxygen atoms in total. The van der Waals surface area contributed by atoms with Crippen LogP contribution in [-0.4, -0.2) is 17.4 Å². The number of rotatable bonds is 3. The number of aromatic nitrogens is 1. The van der Waals surface area contributed by atoms with Crippen LogP contribution in [0.15, 0.2) is 16.6 Å². The van der Waals surface area contributed by atoms with Gasteiger partial charge in [-0.25, -0.2) is 4.98 Å². The topological polar surface area (TPSA) is 42.0 Å². The van der Waals surface area contributed by atoms with Crippen molar-refractivity contribution in [1.29, 1.82) is 0 Å². The highest BCUT2D eigenvalue weighted by Crippen LogP contribution is 2.11. The summed E-state index contributed by atoms with van der Waals surface area (Å²) in [5.74, 6) is -0.0967. The largest absolute Gasteiger partial charge is 0.347 e. The monoisotopic (exact) mass is 260 g/mol. The Bertz CT molecular complexity index is 335. The standard InChI is InChI=1S/C8H9BrN2OS/c1-5(9)3-10-8(12)7-6(2)11-4-13-7/h4H,1,3H2,2H3,(H,10,12). The lowest BCUT2D eigenvalue weighted by Gasteiger charge is -2.01. The van der Waals surface area contributed by atoms with Gasteiger partial charge in [0.15, 0.2) is 0 Å². The van der Waals surface area contributed by atoms with Crippen molar-refractivity contribution in [2.75, 3.05) is 6.54 Å². The van der Waals surface area contributed by atoms with Crippen LogP contribution in [0.3, 0.4) is 0 Å². The first-order valence-corrected chi connectivity index (χ1v) is 5.30. The van der Waals surface area contributed by atoms with Crippen molar-refractivity contribution < 1.29 is 4.79 Å². The van der Waals surface area contributed by atoms with Gasteiger partial charge in [-0.1, -0.05) is 22.5 Å². The zero-order chi connectivity index (χ0) is 9.84. The molecule has 1 heterocycles. The molecule has 1 N–H and O–H groups in total. The first-order valence-electron chi connectivity index (χ1n) is 3.63. The highest BCUT2D eigenvalue weighted by atomic mass is 79.9. The lowest BCUT2D eigenvalue weighted by Crippen LogP contribution is -2.24. The molecule has 0 saturated carbocycles. The normalized spacial score (nSPS) is 9.69. The van der Waals surface area contributed by atoms with Crippen molar-refractivity contribution in [1.82, 2.24) is 10.3 Å². The van der Waals surface area contributed by atoms with Crippen LogP contribution in [0.1, 0.15) is 15.4 Å². The van der Waals surface area contributed by atoms with Crippen molar-refractivity contribution >= 4 is 33.2 Å². The number of halogens is 1. The van der Waals surface area contributed by atoms with E-state index >= 15 is 0 Å². The van der Waals surface area contributed by atoms with Crippen molar-refractivity contribution in [2.24, 2.45) is 0 Å². The fourth-order valence-electron chi connectivity index (χ4n) is 0.776. The minimum Gasteiger partial charge on any atom is -0.347 e. The van der Waals surface area contributed by atoms with Crippen molar-refractivity contribution in [3.63, 3.8) is 0 Å². The molecule has 0 bridgehead atoms. The average molecular weight is 261 g/mol. The van der Waals surface area contributed by atoms with E-state index in [0.29, 0.717) is 11.4 Å². The molecule has 5 heteroatoms. The van der Waals surface area contributed by atoms with E-state index in [9.17, 15) is 4.79 Å². The molecule has 1 aromatic heterocycles. The number of carbonyl (C=O) groups is 1. The third-order valence-electron chi connectivity index (χ3n) is 1.39. The summed E-state index contributed by atoms with van der Waals surface area (Å²) < 4.78 is 0.753. The maximum absolute atomic E-state index is 11.4. The quantitative estimate of drug-likeness (QED) is 0.905. The fourth-order valence-corrected chi connectivity index (χ4v) is 1.64. The molecule has 70 valence electrons. The van der Waals surface area contributed by atoms with Gasteiger partial charge in [0.1, 0.15) is 4.88 Å². The van der Waals surface area contributed by atoms with E-state index in [1.54, 1.807) is 5.51 Å². The van der Waals surface area contributed by atoms with Gasteiger partial charge in [-0.3, -0.25) is 4.79 Å². The Morgan fingerprint density at radius 1 is 1.85 bits per heavy atom. The summed E-state index contributed by atoms with van der Waals surface area (Å²) in [4.78, 5) is 16.1. The molecule has 0 aromatic carbocycles. The molecule has 1 amide bonds. The molecule has 0 atom stereocenters. The third-order valence-corrected chi connectivity index (χ3v) is 2.60. The van der Waals surface area contributed by atoms with E-state index in [1.807, 2.05) is 6.92 Å². The van der Waals surface area contributed by atoms with E-state index in [-0.39, 0.29) is 5.91 Å². The Morgan fingerprint density at radius 2 is 2.54 bits per heavy atom. The lowest BCUT2D eigenvalue weighted by atomic mass is 10.4. The summed E-state index contributed by atoms with van der Waals surface area (Å²) in [7, 11) is 0. The molecule has 0 saturated heterocycles. The van der Waals surface area contributed by atoms with Crippen LogP contribution < -0.4 is 5.32 Å². The number of hydrogen-bond donors (Lipinski definition) is 1. The van der Waals surface area contributed by atoms with Crippen molar-refractivity contribution in [3.8, 4) is 0 Å². The number of carbonyl (C=O) groups excluding carboxylic acids is 1. The molecule has 0 unspecified atom stereocenters. The smallest absolute Gasteiger partial charge is 0.263 e. The van der Waals surface area contributed by atoms with Crippen LogP contribution in [0.5, 0.6) is 0 Å². The summed E-state index contributed by atoms with van der Waals surface area (Å²) in [6.45, 7) is 5.88. The van der Waals surface area contributed by atoms with Crippen molar-refractivity contribution in [2.45, 2.75) is 6.92 Å². The summed E-state index contributed by atoms with van der Waals surface area (Å²) >= 11 is 4.50. The number of thiazole rings is 1. The van der Waals surface area contributed by atoms with Crippen molar-refractivity contribution in [3.05, 3.63) is 27.1 Å². The number of hydrogen-bond acceptors (Lipinski definition) is 3. The molecule has 1 rings (SSSR count). The Labute approximate surface area is 89.0 Å². The van der Waals surface area contributed by atoms with Crippen LogP contribution in [0.2, 0.25) is 0 Å². The van der Waals surface area contributed by atoms with Gasteiger partial charge in [0.25, 0.3) is 5.91 Å². The summed E-state index contributed by atoms with van der Waals surface area (Å²) in [5.41, 5.74) is 2.43. The zero-order valence-corrected chi connectivity index (χ0v) is 9.54. The Kier molecular flexibility index (Phi) is 3.62. The minimum atomic E-state index is -0.0967. The van der Waals surface area contributed by atoms with E-state index in [2.05, 4.69) is 32.8 Å². The van der Waals surface area contributed by atoms with Gasteiger partial charge in [-0.15, -0.1) is 11.3 Å². The number of nitrogens with zero attached hydrogens (tertiary/aromatic N) is 1. The van der Waals surface area contributed by atoms with E-state index in [4.69, 9.17) is 0 Å². The van der Waals surface area contributed by atoms with Crippen LogP contribution >= 0.6 is 27.3 Å². The molecule has 1 aromatic rings. The summed E-state index contributed by atoms with van der Waals surface area (Å²) in [5, 5.41) is 2.71. The summed E-state index contributed by atoms with van der Waals surface area (Å²) in [6, 6.07) is 0. The van der Waals surface area contributed by atoms with Gasteiger partial charge in [0, 0.05) is 11.0 Å². The lowest BCUT2D eigenvalue weighted by molar-refractivity contribution is 0.0961. The second kappa shape index (κ2) is 4.53. The second-order valence-electron chi connectivity index (χ2n) is 2.47. The highest BCUT2D eigenvalue weighted by Gasteiger charge is 2.10. The minimum absolute atomic E-state index is 0.0967. The summed E-state index contributed by atoms with van der Waals surface area (Å²) in [6.07, 6.45) is 0. The third kappa shape index (κ3) is 2.93. The molecular formula is C8H9BrN2OS. The zero-order valence-electron chi connectivity index (χ0n) is 7.13. The van der Waals surface area contributed by atoms with Crippen LogP contribution in [0.4, 0.5) is 0 Å². The molecule has 0 aliphatic rings. The first kappa shape index (κ1) is 10.4. The Balaban J connectivity index is 2.59. The molecule has 13 heavy (non-hydrogen) atoms. The van der Waals surface area contributed by atoms with Gasteiger partial charge in [-0.2, -0.15) is 0 Å². The van der Waals surface area contributed by atoms with E-state index in [1.165, 1.54) is 11.3 Å². The molecular weight excluding hydrogens is 252 g/mol. The number of amides is 1. The number of aryl methyl sites for hydroxylation is 1. The van der Waals surface area contributed by atoms with Gasteiger partial charge < -0.3 is 5.32 Å². The molecule has 0 fully saturated rings. The number of nitrogens with one attached hydrogen (secondary N) is 1. The van der Waals surface area contributed by atoms with Crippen LogP contribution in [0, 0.1) is 6.92 Å². The maximum Gasteiger partial charge on any atom is 0.263 e. The second-order valence-corrected chi connectivity index (χ2v) is 4.44. The molecule has 0 radical (unpaired) electrons. The van der Waals surface area contributed by atoms with Gasteiger partial charge in [-0.05, 0) is 6.92 Å². The SMILES string of the molecule is C=C(Br)CNC(=O)c1scnc1C. The molecule has 0 spiro atoms. The predicted molar refractivity (Wildman–Crippen MR) is 57.3 cm³/mol. The predicted octanol–water partition coefficient (Wildman–Crippen LogP) is 2.09. The van der Waals surface area contributed by atoms with Gasteiger partial charge >= 0.3 is 0 Å². The van der Waals surface area contributed by atoms with Gasteiger partial charge in [0.05, 0.1) is 11.2 Å². The first-order chi connectivity index (χ1) is 6.11. The fraction of sp³-hybridized carbons (Fsp3) is 0.250. The maximum atomic E-state index is 11.4. The highest BCUT2D eigenvalue weighted by molar-refractivity contribution is 9.11. The van der Waals surface area contributed by atoms with E-state index < -0.39 is 0 Å². The Hall–Kier alpha value is -0.680.